The molecule has 170 valence electrons. The molecule has 0 saturated carbocycles. The largest absolute Gasteiger partial charge is 0.424 e. The average Bonchev–Trinajstić information content (AvgIpc) is 3.49. The number of nitrogens with zero attached hydrogens (tertiary/aromatic N) is 5. The molecule has 1 amide bonds. The molecule has 0 radical (unpaired) electrons. The molecular formula is C23H22F2N6O2. The molecule has 2 atom stereocenters. The van der Waals surface area contributed by atoms with Crippen molar-refractivity contribution in [1.82, 2.24) is 24.9 Å². The van der Waals surface area contributed by atoms with Crippen molar-refractivity contribution in [3.8, 4) is 5.69 Å². The number of piperidine rings is 1. The van der Waals surface area contributed by atoms with Gasteiger partial charge in [0.05, 0.1) is 24.0 Å². The van der Waals surface area contributed by atoms with Gasteiger partial charge >= 0.3 is 0 Å². The zero-order chi connectivity index (χ0) is 22.9. The quantitative estimate of drug-likeness (QED) is 0.492. The molecule has 3 heterocycles. The van der Waals surface area contributed by atoms with Crippen LogP contribution in [-0.2, 0) is 0 Å². The van der Waals surface area contributed by atoms with E-state index in [1.54, 1.807) is 4.90 Å². The van der Waals surface area contributed by atoms with Gasteiger partial charge in [-0.2, -0.15) is 15.2 Å². The zero-order valence-electron chi connectivity index (χ0n) is 17.9. The van der Waals surface area contributed by atoms with Crippen molar-refractivity contribution in [1.29, 1.82) is 0 Å². The van der Waals surface area contributed by atoms with Crippen LogP contribution < -0.4 is 5.32 Å². The van der Waals surface area contributed by atoms with Crippen LogP contribution in [0, 0.1) is 17.6 Å². The molecule has 2 aromatic carbocycles. The van der Waals surface area contributed by atoms with Crippen molar-refractivity contribution in [3.63, 3.8) is 0 Å². The topological polar surface area (TPSA) is 89.1 Å². The van der Waals surface area contributed by atoms with Crippen LogP contribution in [0.1, 0.15) is 30.1 Å². The minimum absolute atomic E-state index is 0.00561. The Bertz CT molecular complexity index is 1260. The van der Waals surface area contributed by atoms with Gasteiger partial charge in [0.1, 0.15) is 11.2 Å². The van der Waals surface area contributed by atoms with E-state index in [0.717, 1.165) is 29.2 Å². The summed E-state index contributed by atoms with van der Waals surface area (Å²) in [5.41, 5.74) is 1.12. The molecule has 0 spiro atoms. The monoisotopic (exact) mass is 452 g/mol. The Morgan fingerprint density at radius 3 is 2.76 bits per heavy atom. The maximum absolute atomic E-state index is 14.7. The van der Waals surface area contributed by atoms with Gasteiger partial charge < -0.3 is 14.6 Å². The van der Waals surface area contributed by atoms with Crippen molar-refractivity contribution in [3.05, 3.63) is 66.0 Å². The van der Waals surface area contributed by atoms with Gasteiger partial charge in [0.25, 0.3) is 11.9 Å². The molecule has 5 rings (SSSR count). The molecule has 4 aromatic rings. The first kappa shape index (κ1) is 21.0. The fourth-order valence-electron chi connectivity index (χ4n) is 4.35. The van der Waals surface area contributed by atoms with Crippen LogP contribution >= 0.6 is 0 Å². The molecule has 1 fully saturated rings. The molecule has 8 nitrogen and oxygen atoms in total. The Morgan fingerprint density at radius 2 is 1.97 bits per heavy atom. The van der Waals surface area contributed by atoms with E-state index in [0.29, 0.717) is 24.7 Å². The van der Waals surface area contributed by atoms with Crippen LogP contribution in [0.2, 0.25) is 0 Å². The van der Waals surface area contributed by atoms with E-state index in [9.17, 15) is 13.6 Å². The molecule has 10 heteroatoms. The van der Waals surface area contributed by atoms with Crippen LogP contribution in [0.3, 0.4) is 0 Å². The van der Waals surface area contributed by atoms with Crippen molar-refractivity contribution < 1.29 is 18.0 Å². The summed E-state index contributed by atoms with van der Waals surface area (Å²) in [7, 11) is 0. The summed E-state index contributed by atoms with van der Waals surface area (Å²) >= 11 is 0. The lowest BCUT2D eigenvalue weighted by atomic mass is 9.90. The van der Waals surface area contributed by atoms with Gasteiger partial charge in [-0.15, -0.1) is 4.80 Å². The number of likely N-dealkylation sites (tertiary alicyclic amines) is 1. The molecule has 2 aromatic heterocycles. The van der Waals surface area contributed by atoms with Gasteiger partial charge in [-0.05, 0) is 43.0 Å². The molecular weight excluding hydrogens is 430 g/mol. The lowest BCUT2D eigenvalue weighted by molar-refractivity contribution is 0.0538. The van der Waals surface area contributed by atoms with Gasteiger partial charge in [-0.1, -0.05) is 19.1 Å². The summed E-state index contributed by atoms with van der Waals surface area (Å²) in [6.07, 6.45) is 4.43. The van der Waals surface area contributed by atoms with E-state index >= 15 is 0 Å². The van der Waals surface area contributed by atoms with Crippen molar-refractivity contribution in [2.24, 2.45) is 5.92 Å². The highest BCUT2D eigenvalue weighted by Crippen LogP contribution is 2.29. The number of nitrogens with one attached hydrogen (secondary N) is 1. The Morgan fingerprint density at radius 1 is 1.18 bits per heavy atom. The first-order valence-corrected chi connectivity index (χ1v) is 10.8. The third-order valence-corrected chi connectivity index (χ3v) is 6.05. The third-order valence-electron chi connectivity index (χ3n) is 6.05. The predicted molar refractivity (Wildman–Crippen MR) is 117 cm³/mol. The SMILES string of the molecule is C[C@@H]1CCCN(C(=O)c2ccc(F)c(F)c2-n2nccn2)[C@@H]1CNc1nc2ccccc2o1. The smallest absolute Gasteiger partial charge is 0.295 e. The fraction of sp³-hybridized carbons (Fsp3) is 0.304. The number of oxazole rings is 1. The second-order valence-corrected chi connectivity index (χ2v) is 8.13. The highest BCUT2D eigenvalue weighted by atomic mass is 19.2. The minimum atomic E-state index is -1.16. The van der Waals surface area contributed by atoms with Crippen LogP contribution in [0.4, 0.5) is 14.8 Å². The number of para-hydroxylation sites is 2. The summed E-state index contributed by atoms with van der Waals surface area (Å²) in [5.74, 6) is -2.46. The van der Waals surface area contributed by atoms with E-state index in [1.807, 2.05) is 24.3 Å². The Hall–Kier alpha value is -3.82. The van der Waals surface area contributed by atoms with Crippen molar-refractivity contribution >= 4 is 23.0 Å². The number of amides is 1. The third kappa shape index (κ3) is 3.92. The summed E-state index contributed by atoms with van der Waals surface area (Å²) in [6.45, 7) is 2.96. The Kier molecular flexibility index (Phi) is 5.49. The molecule has 1 aliphatic rings. The van der Waals surface area contributed by atoms with Gasteiger partial charge in [0, 0.05) is 13.1 Å². The van der Waals surface area contributed by atoms with Crippen molar-refractivity contribution in [2.45, 2.75) is 25.8 Å². The standard InChI is InChI=1S/C23H22F2N6O2/c1-14-5-4-12-30(18(14)13-26-23-29-17-6-2-3-7-19(17)33-23)22(32)15-8-9-16(24)20(25)21(15)31-27-10-11-28-31/h2-3,6-11,14,18H,4-5,12-13H2,1H3,(H,26,29)/t14-,18-/m1/s1. The van der Waals surface area contributed by atoms with E-state index in [-0.39, 0.29) is 23.2 Å². The van der Waals surface area contributed by atoms with Crippen LogP contribution in [-0.4, -0.2) is 49.9 Å². The number of hydrogen-bond acceptors (Lipinski definition) is 6. The molecule has 1 aliphatic heterocycles. The first-order valence-electron chi connectivity index (χ1n) is 10.8. The van der Waals surface area contributed by atoms with E-state index in [2.05, 4.69) is 27.4 Å². The predicted octanol–water partition coefficient (Wildman–Crippen LogP) is 4.04. The maximum Gasteiger partial charge on any atom is 0.295 e. The summed E-state index contributed by atoms with van der Waals surface area (Å²) in [5, 5.41) is 11.0. The average molecular weight is 452 g/mol. The highest BCUT2D eigenvalue weighted by Gasteiger charge is 2.34. The number of fused-ring (bicyclic) bond motifs is 1. The summed E-state index contributed by atoms with van der Waals surface area (Å²) in [4.78, 5) is 20.6. The number of anilines is 1. The fourth-order valence-corrected chi connectivity index (χ4v) is 4.35. The Labute approximate surface area is 188 Å². The number of rotatable bonds is 5. The Balaban J connectivity index is 1.43. The number of aromatic nitrogens is 4. The number of benzene rings is 2. The number of halogens is 2. The van der Waals surface area contributed by atoms with E-state index in [1.165, 1.54) is 18.5 Å². The van der Waals surface area contributed by atoms with Gasteiger partial charge in [0.2, 0.25) is 0 Å². The van der Waals surface area contributed by atoms with Crippen LogP contribution in [0.25, 0.3) is 16.8 Å². The maximum atomic E-state index is 14.7. The zero-order valence-corrected chi connectivity index (χ0v) is 17.9. The van der Waals surface area contributed by atoms with E-state index in [4.69, 9.17) is 4.42 Å². The number of hydrogen-bond donors (Lipinski definition) is 1. The van der Waals surface area contributed by atoms with Gasteiger partial charge in [-0.25, -0.2) is 8.78 Å². The lowest BCUT2D eigenvalue weighted by Crippen LogP contribution is -2.51. The second-order valence-electron chi connectivity index (χ2n) is 8.13. The number of carbonyl (C=O) groups excluding carboxylic acids is 1. The highest BCUT2D eigenvalue weighted by molar-refractivity contribution is 5.98. The van der Waals surface area contributed by atoms with Gasteiger partial charge in [-0.3, -0.25) is 4.79 Å². The van der Waals surface area contributed by atoms with Crippen molar-refractivity contribution in [2.75, 3.05) is 18.4 Å². The molecule has 0 unspecified atom stereocenters. The molecule has 33 heavy (non-hydrogen) atoms. The van der Waals surface area contributed by atoms with Gasteiger partial charge in [0.15, 0.2) is 17.2 Å². The lowest BCUT2D eigenvalue weighted by Gasteiger charge is -2.40. The van der Waals surface area contributed by atoms with Crippen LogP contribution in [0.15, 0.2) is 53.2 Å². The number of carbonyl (C=O) groups is 1. The molecule has 0 bridgehead atoms. The normalized spacial score (nSPS) is 18.6. The van der Waals surface area contributed by atoms with E-state index < -0.39 is 17.5 Å². The molecule has 1 N–H and O–H groups in total. The summed E-state index contributed by atoms with van der Waals surface area (Å²) in [6, 6.07) is 9.85. The summed E-state index contributed by atoms with van der Waals surface area (Å²) < 4.78 is 34.4. The molecule has 0 aliphatic carbocycles. The van der Waals surface area contributed by atoms with Crippen LogP contribution in [0.5, 0.6) is 0 Å². The molecule has 1 saturated heterocycles. The second kappa shape index (κ2) is 8.61. The first-order chi connectivity index (χ1) is 16.0. The minimum Gasteiger partial charge on any atom is -0.424 e.